The van der Waals surface area contributed by atoms with Crippen LogP contribution in [0, 0.1) is 18.8 Å². The van der Waals surface area contributed by atoms with Gasteiger partial charge in [-0.15, -0.1) is 0 Å². The largest absolute Gasteiger partial charge is 0.335 e. The summed E-state index contributed by atoms with van der Waals surface area (Å²) in [5.74, 6) is 1.22. The third-order valence-electron chi connectivity index (χ3n) is 4.88. The number of rotatable bonds is 5. The van der Waals surface area contributed by atoms with Crippen molar-refractivity contribution in [2.45, 2.75) is 53.0 Å². The van der Waals surface area contributed by atoms with Gasteiger partial charge in [-0.2, -0.15) is 0 Å². The van der Waals surface area contributed by atoms with Crippen LogP contribution in [0.2, 0.25) is 0 Å². The minimum Gasteiger partial charge on any atom is -0.335 e. The van der Waals surface area contributed by atoms with Crippen molar-refractivity contribution in [2.24, 2.45) is 11.8 Å². The van der Waals surface area contributed by atoms with Gasteiger partial charge in [-0.1, -0.05) is 13.8 Å². The molecular formula is C18H29N3O3S. The van der Waals surface area contributed by atoms with E-state index in [-0.39, 0.29) is 17.8 Å². The number of hydrogen-bond acceptors (Lipinski definition) is 3. The van der Waals surface area contributed by atoms with E-state index in [2.05, 4.69) is 29.2 Å². The molecule has 3 N–H and O–H groups in total. The highest BCUT2D eigenvalue weighted by molar-refractivity contribution is 7.92. The molecule has 0 bridgehead atoms. The molecule has 1 fully saturated rings. The summed E-state index contributed by atoms with van der Waals surface area (Å²) >= 11 is 0. The number of benzene rings is 1. The van der Waals surface area contributed by atoms with Crippen LogP contribution < -0.4 is 15.4 Å². The Kier molecular flexibility index (Phi) is 6.32. The summed E-state index contributed by atoms with van der Waals surface area (Å²) in [4.78, 5) is 12.2. The zero-order valence-electron chi connectivity index (χ0n) is 15.4. The van der Waals surface area contributed by atoms with Gasteiger partial charge in [0.15, 0.2) is 0 Å². The van der Waals surface area contributed by atoms with Gasteiger partial charge in [0.2, 0.25) is 10.0 Å². The number of hydrogen-bond donors (Lipinski definition) is 3. The van der Waals surface area contributed by atoms with E-state index in [4.69, 9.17) is 0 Å². The molecule has 0 aliphatic heterocycles. The third-order valence-corrected chi connectivity index (χ3v) is 6.17. The number of nitrogens with one attached hydrogen (secondary N) is 3. The molecule has 140 valence electrons. The molecule has 7 heteroatoms. The van der Waals surface area contributed by atoms with E-state index in [0.717, 1.165) is 30.7 Å². The first-order valence-corrected chi connectivity index (χ1v) is 10.5. The van der Waals surface area contributed by atoms with Crippen molar-refractivity contribution in [3.8, 4) is 0 Å². The highest BCUT2D eigenvalue weighted by Gasteiger charge is 2.26. The number of sulfonamides is 1. The zero-order chi connectivity index (χ0) is 18.6. The number of carbonyl (C=O) groups is 1. The molecule has 0 saturated heterocycles. The van der Waals surface area contributed by atoms with Gasteiger partial charge in [0.25, 0.3) is 0 Å². The predicted octanol–water partition coefficient (Wildman–Crippen LogP) is 3.70. The van der Waals surface area contributed by atoms with Crippen LogP contribution in [0.5, 0.6) is 0 Å². The molecule has 2 amide bonds. The Morgan fingerprint density at radius 1 is 1.24 bits per heavy atom. The summed E-state index contributed by atoms with van der Waals surface area (Å²) in [5.41, 5.74) is 1.93. The van der Waals surface area contributed by atoms with Crippen molar-refractivity contribution in [3.05, 3.63) is 23.8 Å². The summed E-state index contributed by atoms with van der Waals surface area (Å²) in [5, 5.41) is 5.90. The molecule has 1 saturated carbocycles. The Labute approximate surface area is 150 Å². The fraction of sp³-hybridized carbons (Fsp3) is 0.611. The Morgan fingerprint density at radius 3 is 2.56 bits per heavy atom. The highest BCUT2D eigenvalue weighted by Crippen LogP contribution is 2.28. The summed E-state index contributed by atoms with van der Waals surface area (Å²) in [6.45, 7) is 7.83. The molecule has 3 atom stereocenters. The molecule has 25 heavy (non-hydrogen) atoms. The first-order chi connectivity index (χ1) is 11.7. The first kappa shape index (κ1) is 19.6. The normalized spacial score (nSPS) is 23.8. The lowest BCUT2D eigenvalue weighted by Gasteiger charge is -2.33. The molecule has 3 unspecified atom stereocenters. The maximum atomic E-state index is 12.2. The average molecular weight is 368 g/mol. The van der Waals surface area contributed by atoms with E-state index in [9.17, 15) is 13.2 Å². The van der Waals surface area contributed by atoms with Crippen LogP contribution in [0.3, 0.4) is 0 Å². The monoisotopic (exact) mass is 367 g/mol. The topological polar surface area (TPSA) is 87.3 Å². The van der Waals surface area contributed by atoms with Crippen LogP contribution in [0.4, 0.5) is 16.2 Å². The van der Waals surface area contributed by atoms with Gasteiger partial charge in [-0.05, 0) is 68.7 Å². The Bertz CT molecular complexity index is 718. The molecule has 2 rings (SSSR count). The Hall–Kier alpha value is -1.76. The van der Waals surface area contributed by atoms with E-state index in [1.165, 1.54) is 0 Å². The maximum absolute atomic E-state index is 12.2. The lowest BCUT2D eigenvalue weighted by Crippen LogP contribution is -2.44. The van der Waals surface area contributed by atoms with E-state index >= 15 is 0 Å². The van der Waals surface area contributed by atoms with Gasteiger partial charge in [0, 0.05) is 11.7 Å². The zero-order valence-corrected chi connectivity index (χ0v) is 16.2. The van der Waals surface area contributed by atoms with Crippen molar-refractivity contribution in [3.63, 3.8) is 0 Å². The average Bonchev–Trinajstić information content (AvgIpc) is 2.53. The van der Waals surface area contributed by atoms with Crippen molar-refractivity contribution in [2.75, 3.05) is 15.8 Å². The smallest absolute Gasteiger partial charge is 0.319 e. The van der Waals surface area contributed by atoms with Gasteiger partial charge < -0.3 is 10.6 Å². The second kappa shape index (κ2) is 8.08. The van der Waals surface area contributed by atoms with Crippen LogP contribution in [-0.2, 0) is 10.0 Å². The quantitative estimate of drug-likeness (QED) is 0.741. The van der Waals surface area contributed by atoms with Crippen LogP contribution >= 0.6 is 0 Å². The summed E-state index contributed by atoms with van der Waals surface area (Å²) < 4.78 is 25.9. The van der Waals surface area contributed by atoms with Crippen LogP contribution in [0.25, 0.3) is 0 Å². The molecular weight excluding hydrogens is 338 g/mol. The molecule has 1 aromatic rings. The summed E-state index contributed by atoms with van der Waals surface area (Å²) in [6, 6.07) is 5.12. The van der Waals surface area contributed by atoms with E-state index < -0.39 is 10.0 Å². The van der Waals surface area contributed by atoms with Crippen molar-refractivity contribution in [1.82, 2.24) is 5.32 Å². The van der Waals surface area contributed by atoms with Crippen LogP contribution in [0.15, 0.2) is 18.2 Å². The number of carbonyl (C=O) groups excluding carboxylic acids is 1. The third kappa shape index (κ3) is 5.63. The van der Waals surface area contributed by atoms with Crippen molar-refractivity contribution in [1.29, 1.82) is 0 Å². The fourth-order valence-electron chi connectivity index (χ4n) is 3.31. The summed E-state index contributed by atoms with van der Waals surface area (Å²) in [7, 11) is -3.31. The summed E-state index contributed by atoms with van der Waals surface area (Å²) in [6.07, 6.45) is 3.28. The number of anilines is 2. The second-order valence-electron chi connectivity index (χ2n) is 7.14. The fourth-order valence-corrected chi connectivity index (χ4v) is 4.02. The molecule has 1 aromatic carbocycles. The first-order valence-electron chi connectivity index (χ1n) is 8.89. The molecule has 0 spiro atoms. The van der Waals surface area contributed by atoms with Crippen molar-refractivity contribution < 1.29 is 13.2 Å². The number of aryl methyl sites for hydroxylation is 1. The van der Waals surface area contributed by atoms with E-state index in [1.807, 2.05) is 0 Å². The van der Waals surface area contributed by atoms with Crippen molar-refractivity contribution >= 4 is 27.4 Å². The molecule has 1 aliphatic carbocycles. The standard InChI is InChI=1S/C18H29N3O3S/c1-5-25(23,24)21-17-9-7-15(11-14(17)4)19-18(22)20-16-8-6-12(2)10-13(16)3/h7,9,11-13,16,21H,5-6,8,10H2,1-4H3,(H2,19,20,22). The van der Waals surface area contributed by atoms with Gasteiger partial charge >= 0.3 is 6.03 Å². The van der Waals surface area contributed by atoms with E-state index in [1.54, 1.807) is 32.0 Å². The van der Waals surface area contributed by atoms with Crippen LogP contribution in [-0.4, -0.2) is 26.2 Å². The highest BCUT2D eigenvalue weighted by atomic mass is 32.2. The van der Waals surface area contributed by atoms with Gasteiger partial charge in [0.1, 0.15) is 0 Å². The lowest BCUT2D eigenvalue weighted by molar-refractivity contribution is 0.214. The maximum Gasteiger partial charge on any atom is 0.319 e. The van der Waals surface area contributed by atoms with Gasteiger partial charge in [-0.25, -0.2) is 13.2 Å². The molecule has 6 nitrogen and oxygen atoms in total. The minimum atomic E-state index is -3.31. The molecule has 0 aromatic heterocycles. The second-order valence-corrected chi connectivity index (χ2v) is 9.15. The van der Waals surface area contributed by atoms with Gasteiger partial charge in [-0.3, -0.25) is 4.72 Å². The molecule has 1 aliphatic rings. The molecule has 0 heterocycles. The minimum absolute atomic E-state index is 0.0209. The van der Waals surface area contributed by atoms with Crippen LogP contribution in [0.1, 0.15) is 45.6 Å². The predicted molar refractivity (Wildman–Crippen MR) is 102 cm³/mol. The molecule has 0 radical (unpaired) electrons. The lowest BCUT2D eigenvalue weighted by atomic mass is 9.80. The number of amides is 2. The van der Waals surface area contributed by atoms with Gasteiger partial charge in [0.05, 0.1) is 11.4 Å². The Morgan fingerprint density at radius 2 is 1.96 bits per heavy atom. The SMILES string of the molecule is CCS(=O)(=O)Nc1ccc(NC(=O)NC2CCC(C)CC2C)cc1C. The van der Waals surface area contributed by atoms with E-state index in [0.29, 0.717) is 17.3 Å². The Balaban J connectivity index is 1.96. The number of urea groups is 1.